The molecule has 0 aliphatic carbocycles. The van der Waals surface area contributed by atoms with E-state index < -0.39 is 5.97 Å². The van der Waals surface area contributed by atoms with E-state index in [9.17, 15) is 9.90 Å². The van der Waals surface area contributed by atoms with Crippen LogP contribution < -0.4 is 0 Å². The average molecular weight is 275 g/mol. The number of benzene rings is 1. The second-order valence-corrected chi connectivity index (χ2v) is 5.62. The summed E-state index contributed by atoms with van der Waals surface area (Å²) in [6.07, 6.45) is 6.07. The third-order valence-electron chi connectivity index (χ3n) is 4.24. The van der Waals surface area contributed by atoms with Gasteiger partial charge in [-0.3, -0.25) is 9.69 Å². The number of rotatable bonds is 5. The first-order valence-corrected chi connectivity index (χ1v) is 7.76. The molecule has 0 radical (unpaired) electrons. The highest BCUT2D eigenvalue weighted by Crippen LogP contribution is 2.29. The lowest BCUT2D eigenvalue weighted by molar-refractivity contribution is -0.138. The van der Waals surface area contributed by atoms with Crippen molar-refractivity contribution in [3.63, 3.8) is 0 Å². The Labute approximate surface area is 121 Å². The van der Waals surface area contributed by atoms with E-state index in [1.165, 1.54) is 36.8 Å². The lowest BCUT2D eigenvalue weighted by Crippen LogP contribution is -2.32. The summed E-state index contributed by atoms with van der Waals surface area (Å²) in [6.45, 7) is 4.19. The van der Waals surface area contributed by atoms with Gasteiger partial charge in [-0.15, -0.1) is 0 Å². The van der Waals surface area contributed by atoms with Crippen LogP contribution in [0.2, 0.25) is 0 Å². The first-order valence-electron chi connectivity index (χ1n) is 7.76. The zero-order valence-corrected chi connectivity index (χ0v) is 12.3. The maximum atomic E-state index is 11.3. The molecule has 0 saturated carbocycles. The first-order chi connectivity index (χ1) is 9.72. The van der Waals surface area contributed by atoms with E-state index in [4.69, 9.17) is 0 Å². The van der Waals surface area contributed by atoms with Gasteiger partial charge >= 0.3 is 5.97 Å². The Kier molecular flexibility index (Phi) is 5.60. The van der Waals surface area contributed by atoms with Crippen LogP contribution in [0.25, 0.3) is 0 Å². The summed E-state index contributed by atoms with van der Waals surface area (Å²) in [4.78, 5) is 13.7. The van der Waals surface area contributed by atoms with Gasteiger partial charge in [-0.05, 0) is 43.5 Å². The smallest absolute Gasteiger partial charge is 0.305 e. The molecule has 1 N–H and O–H groups in total. The number of hydrogen-bond acceptors (Lipinski definition) is 2. The van der Waals surface area contributed by atoms with Crippen LogP contribution >= 0.6 is 0 Å². The Morgan fingerprint density at radius 3 is 2.45 bits per heavy atom. The third kappa shape index (κ3) is 3.83. The zero-order chi connectivity index (χ0) is 14.4. The van der Waals surface area contributed by atoms with Crippen molar-refractivity contribution in [2.45, 2.75) is 51.5 Å². The van der Waals surface area contributed by atoms with Crippen molar-refractivity contribution < 1.29 is 9.90 Å². The van der Waals surface area contributed by atoms with Gasteiger partial charge < -0.3 is 5.11 Å². The summed E-state index contributed by atoms with van der Waals surface area (Å²) < 4.78 is 0. The van der Waals surface area contributed by atoms with Crippen molar-refractivity contribution in [3.8, 4) is 0 Å². The highest BCUT2D eigenvalue weighted by atomic mass is 16.4. The molecule has 1 unspecified atom stereocenters. The Morgan fingerprint density at radius 2 is 1.85 bits per heavy atom. The number of likely N-dealkylation sites (tertiary alicyclic amines) is 1. The summed E-state index contributed by atoms with van der Waals surface area (Å²) in [5, 5.41) is 9.28. The molecule has 3 heteroatoms. The van der Waals surface area contributed by atoms with Crippen LogP contribution in [0.5, 0.6) is 0 Å². The van der Waals surface area contributed by atoms with Gasteiger partial charge in [0, 0.05) is 6.04 Å². The van der Waals surface area contributed by atoms with Gasteiger partial charge in [0.2, 0.25) is 0 Å². The van der Waals surface area contributed by atoms with Gasteiger partial charge in [-0.25, -0.2) is 0 Å². The van der Waals surface area contributed by atoms with Crippen molar-refractivity contribution >= 4 is 5.97 Å². The molecule has 20 heavy (non-hydrogen) atoms. The predicted octanol–water partition coefficient (Wildman–Crippen LogP) is 3.64. The van der Waals surface area contributed by atoms with Crippen LogP contribution in [0, 0.1) is 0 Å². The van der Waals surface area contributed by atoms with Gasteiger partial charge in [-0.2, -0.15) is 0 Å². The molecule has 1 heterocycles. The molecular formula is C17H25NO2. The minimum Gasteiger partial charge on any atom is -0.481 e. The van der Waals surface area contributed by atoms with Crippen molar-refractivity contribution in [2.75, 3.05) is 13.1 Å². The van der Waals surface area contributed by atoms with Gasteiger partial charge in [-0.1, -0.05) is 44.0 Å². The fraction of sp³-hybridized carbons (Fsp3) is 0.588. The van der Waals surface area contributed by atoms with E-state index in [-0.39, 0.29) is 12.5 Å². The lowest BCUT2D eigenvalue weighted by Gasteiger charge is -2.31. The molecule has 1 aromatic carbocycles. The summed E-state index contributed by atoms with van der Waals surface area (Å²) >= 11 is 0. The Hall–Kier alpha value is -1.35. The SMILES string of the molecule is CCc1ccccc1C(CC(=O)O)N1CCCCCC1. The van der Waals surface area contributed by atoms with Gasteiger partial charge in [0.05, 0.1) is 6.42 Å². The van der Waals surface area contributed by atoms with E-state index in [1.54, 1.807) is 0 Å². The van der Waals surface area contributed by atoms with Crippen molar-refractivity contribution in [2.24, 2.45) is 0 Å². The minimum absolute atomic E-state index is 0.0294. The Bertz CT molecular complexity index is 436. The maximum Gasteiger partial charge on any atom is 0.305 e. The summed E-state index contributed by atoms with van der Waals surface area (Å²) in [6, 6.07) is 8.34. The van der Waals surface area contributed by atoms with E-state index in [0.717, 1.165) is 19.5 Å². The summed E-state index contributed by atoms with van der Waals surface area (Å²) in [7, 11) is 0. The van der Waals surface area contributed by atoms with Crippen LogP contribution in [0.1, 0.15) is 56.2 Å². The van der Waals surface area contributed by atoms with E-state index >= 15 is 0 Å². The highest BCUT2D eigenvalue weighted by Gasteiger charge is 2.25. The predicted molar refractivity (Wildman–Crippen MR) is 80.9 cm³/mol. The first kappa shape index (κ1) is 15.0. The molecule has 1 aliphatic heterocycles. The number of hydrogen-bond donors (Lipinski definition) is 1. The molecule has 0 spiro atoms. The molecule has 0 bridgehead atoms. The number of carboxylic acid groups (broad SMARTS) is 1. The Balaban J connectivity index is 2.27. The number of carboxylic acids is 1. The van der Waals surface area contributed by atoms with E-state index in [2.05, 4.69) is 24.0 Å². The molecular weight excluding hydrogens is 250 g/mol. The number of aryl methyl sites for hydroxylation is 1. The zero-order valence-electron chi connectivity index (χ0n) is 12.3. The second-order valence-electron chi connectivity index (χ2n) is 5.62. The molecule has 1 fully saturated rings. The van der Waals surface area contributed by atoms with Crippen molar-refractivity contribution in [1.29, 1.82) is 0 Å². The molecule has 110 valence electrons. The van der Waals surface area contributed by atoms with Gasteiger partial charge in [0.25, 0.3) is 0 Å². The molecule has 1 aromatic rings. The molecule has 1 saturated heterocycles. The van der Waals surface area contributed by atoms with Crippen LogP contribution in [-0.2, 0) is 11.2 Å². The molecule has 1 atom stereocenters. The fourth-order valence-electron chi connectivity index (χ4n) is 3.19. The molecule has 0 amide bonds. The largest absolute Gasteiger partial charge is 0.481 e. The Morgan fingerprint density at radius 1 is 1.20 bits per heavy atom. The molecule has 0 aromatic heterocycles. The average Bonchev–Trinajstić information content (AvgIpc) is 2.73. The highest BCUT2D eigenvalue weighted by molar-refractivity contribution is 5.68. The quantitative estimate of drug-likeness (QED) is 0.892. The van der Waals surface area contributed by atoms with Crippen LogP contribution in [0.4, 0.5) is 0 Å². The summed E-state index contributed by atoms with van der Waals surface area (Å²) in [5.74, 6) is -0.704. The number of aliphatic carboxylic acids is 1. The van der Waals surface area contributed by atoms with Gasteiger partial charge in [0.15, 0.2) is 0 Å². The molecule has 3 nitrogen and oxygen atoms in total. The van der Waals surface area contributed by atoms with Crippen molar-refractivity contribution in [1.82, 2.24) is 4.90 Å². The topological polar surface area (TPSA) is 40.5 Å². The van der Waals surface area contributed by atoms with E-state index in [0.29, 0.717) is 0 Å². The normalized spacial score (nSPS) is 18.4. The lowest BCUT2D eigenvalue weighted by atomic mass is 9.95. The fourth-order valence-corrected chi connectivity index (χ4v) is 3.19. The standard InChI is InChI=1S/C17H25NO2/c1-2-14-9-5-6-10-15(14)16(13-17(19)20)18-11-7-3-4-8-12-18/h5-6,9-10,16H,2-4,7-8,11-13H2,1H3,(H,19,20). The molecule has 1 aliphatic rings. The number of carbonyl (C=O) groups is 1. The van der Waals surface area contributed by atoms with Crippen LogP contribution in [0.3, 0.4) is 0 Å². The monoisotopic (exact) mass is 275 g/mol. The third-order valence-corrected chi connectivity index (χ3v) is 4.24. The van der Waals surface area contributed by atoms with Crippen molar-refractivity contribution in [3.05, 3.63) is 35.4 Å². The number of nitrogens with zero attached hydrogens (tertiary/aromatic N) is 1. The molecule has 2 rings (SSSR count). The minimum atomic E-state index is -0.704. The van der Waals surface area contributed by atoms with Gasteiger partial charge in [0.1, 0.15) is 0 Å². The summed E-state index contributed by atoms with van der Waals surface area (Å²) in [5.41, 5.74) is 2.49. The van der Waals surface area contributed by atoms with E-state index in [1.807, 2.05) is 12.1 Å². The van der Waals surface area contributed by atoms with Crippen LogP contribution in [0.15, 0.2) is 24.3 Å². The van der Waals surface area contributed by atoms with Crippen LogP contribution in [-0.4, -0.2) is 29.1 Å². The second kappa shape index (κ2) is 7.44. The maximum absolute atomic E-state index is 11.3.